The molecule has 2 aliphatic rings. The van der Waals surface area contributed by atoms with Gasteiger partial charge >= 0.3 is 0 Å². The van der Waals surface area contributed by atoms with Gasteiger partial charge in [0.25, 0.3) is 0 Å². The van der Waals surface area contributed by atoms with Crippen molar-refractivity contribution in [3.63, 3.8) is 0 Å². The van der Waals surface area contributed by atoms with Crippen LogP contribution in [0.15, 0.2) is 24.5 Å². The van der Waals surface area contributed by atoms with Gasteiger partial charge in [0.15, 0.2) is 0 Å². The predicted octanol–water partition coefficient (Wildman–Crippen LogP) is 2.15. The summed E-state index contributed by atoms with van der Waals surface area (Å²) in [6.07, 6.45) is 9.26. The molecule has 5 nitrogen and oxygen atoms in total. The zero-order chi connectivity index (χ0) is 15.4. The van der Waals surface area contributed by atoms with Crippen LogP contribution in [0.1, 0.15) is 44.9 Å². The fourth-order valence-corrected chi connectivity index (χ4v) is 3.44. The highest BCUT2D eigenvalue weighted by Gasteiger charge is 2.35. The molecule has 0 radical (unpaired) electrons. The summed E-state index contributed by atoms with van der Waals surface area (Å²) in [4.78, 5) is 18.2. The molecule has 120 valence electrons. The maximum Gasteiger partial charge on any atom is 0.225 e. The Bertz CT molecular complexity index is 500. The van der Waals surface area contributed by atoms with Crippen LogP contribution in [-0.2, 0) is 4.79 Å². The number of nitrogens with zero attached hydrogens (tertiary/aromatic N) is 2. The molecule has 1 aliphatic carbocycles. The highest BCUT2D eigenvalue weighted by molar-refractivity contribution is 5.77. The lowest BCUT2D eigenvalue weighted by Crippen LogP contribution is -2.40. The number of aromatic nitrogens is 1. The molecule has 2 fully saturated rings. The number of aliphatic hydroxyl groups is 1. The highest BCUT2D eigenvalue weighted by atomic mass is 16.5. The van der Waals surface area contributed by atoms with E-state index < -0.39 is 5.60 Å². The number of carbonyl (C=O) groups excluding carboxylic acids is 1. The summed E-state index contributed by atoms with van der Waals surface area (Å²) < 4.78 is 5.87. The number of carbonyl (C=O) groups is 1. The lowest BCUT2D eigenvalue weighted by atomic mass is 9.82. The molecule has 1 N–H and O–H groups in total. The second-order valence-corrected chi connectivity index (χ2v) is 6.51. The van der Waals surface area contributed by atoms with Crippen LogP contribution in [0.4, 0.5) is 0 Å². The van der Waals surface area contributed by atoms with Crippen LogP contribution in [0.5, 0.6) is 5.75 Å². The van der Waals surface area contributed by atoms with Gasteiger partial charge in [0.1, 0.15) is 11.9 Å². The first-order valence-electron chi connectivity index (χ1n) is 8.21. The summed E-state index contributed by atoms with van der Waals surface area (Å²) in [5, 5.41) is 10.5. The molecular weight excluding hydrogens is 280 g/mol. The van der Waals surface area contributed by atoms with Crippen LogP contribution < -0.4 is 4.74 Å². The van der Waals surface area contributed by atoms with Crippen molar-refractivity contribution in [3.8, 4) is 5.75 Å². The lowest BCUT2D eigenvalue weighted by Gasteiger charge is -2.32. The van der Waals surface area contributed by atoms with E-state index in [0.29, 0.717) is 13.1 Å². The van der Waals surface area contributed by atoms with E-state index in [9.17, 15) is 9.90 Å². The van der Waals surface area contributed by atoms with Crippen molar-refractivity contribution in [1.29, 1.82) is 0 Å². The zero-order valence-corrected chi connectivity index (χ0v) is 12.9. The Morgan fingerprint density at radius 1 is 1.32 bits per heavy atom. The first-order chi connectivity index (χ1) is 10.6. The van der Waals surface area contributed by atoms with Gasteiger partial charge in [0, 0.05) is 25.4 Å². The maximum absolute atomic E-state index is 12.4. The first-order valence-corrected chi connectivity index (χ1v) is 8.21. The molecule has 1 aromatic heterocycles. The van der Waals surface area contributed by atoms with Crippen LogP contribution in [0.25, 0.3) is 0 Å². The highest BCUT2D eigenvalue weighted by Crippen LogP contribution is 2.32. The van der Waals surface area contributed by atoms with E-state index >= 15 is 0 Å². The van der Waals surface area contributed by atoms with Crippen LogP contribution in [0, 0.1) is 0 Å². The molecule has 3 rings (SSSR count). The molecule has 1 atom stereocenters. The van der Waals surface area contributed by atoms with Gasteiger partial charge < -0.3 is 14.7 Å². The average molecular weight is 304 g/mol. The van der Waals surface area contributed by atoms with Crippen LogP contribution in [0.2, 0.25) is 0 Å². The minimum absolute atomic E-state index is 0.0346. The predicted molar refractivity (Wildman–Crippen MR) is 82.5 cm³/mol. The van der Waals surface area contributed by atoms with Gasteiger partial charge in [0.05, 0.1) is 18.6 Å². The number of amides is 1. The number of rotatable bonds is 4. The Hall–Kier alpha value is -1.62. The molecule has 1 unspecified atom stereocenters. The van der Waals surface area contributed by atoms with E-state index in [4.69, 9.17) is 4.74 Å². The normalized spacial score (nSPS) is 24.2. The Balaban J connectivity index is 1.50. The summed E-state index contributed by atoms with van der Waals surface area (Å²) in [6, 6.07) is 3.66. The van der Waals surface area contributed by atoms with Crippen LogP contribution >= 0.6 is 0 Å². The van der Waals surface area contributed by atoms with Crippen molar-refractivity contribution in [2.45, 2.75) is 56.7 Å². The molecule has 1 amide bonds. The van der Waals surface area contributed by atoms with Gasteiger partial charge in [-0.15, -0.1) is 0 Å². The smallest absolute Gasteiger partial charge is 0.225 e. The fourth-order valence-electron chi connectivity index (χ4n) is 3.44. The minimum atomic E-state index is -0.778. The van der Waals surface area contributed by atoms with Gasteiger partial charge in [-0.2, -0.15) is 0 Å². The second-order valence-electron chi connectivity index (χ2n) is 6.51. The molecule has 1 saturated carbocycles. The third kappa shape index (κ3) is 3.77. The molecular formula is C17H24N2O3. The summed E-state index contributed by atoms with van der Waals surface area (Å²) >= 11 is 0. The average Bonchev–Trinajstić information content (AvgIpc) is 2.97. The maximum atomic E-state index is 12.4. The summed E-state index contributed by atoms with van der Waals surface area (Å²) in [5.74, 6) is 0.852. The molecule has 2 heterocycles. The lowest BCUT2D eigenvalue weighted by molar-refractivity contribution is -0.137. The summed E-state index contributed by atoms with van der Waals surface area (Å²) in [5.41, 5.74) is -0.778. The Kier molecular flexibility index (Phi) is 4.62. The molecule has 1 aromatic rings. The molecule has 22 heavy (non-hydrogen) atoms. The van der Waals surface area contributed by atoms with E-state index in [1.165, 1.54) is 6.42 Å². The SMILES string of the molecule is O=C(CC1(O)CCCCC1)N1CCC(Oc2ccncc2)C1. The van der Waals surface area contributed by atoms with Crippen molar-refractivity contribution >= 4 is 5.91 Å². The topological polar surface area (TPSA) is 62.7 Å². The third-order valence-electron chi connectivity index (χ3n) is 4.71. The van der Waals surface area contributed by atoms with E-state index in [1.807, 2.05) is 17.0 Å². The monoisotopic (exact) mass is 304 g/mol. The summed E-state index contributed by atoms with van der Waals surface area (Å²) in [7, 11) is 0. The Labute approximate surface area is 131 Å². The second kappa shape index (κ2) is 6.65. The van der Waals surface area contributed by atoms with Crippen LogP contribution in [-0.4, -0.2) is 45.7 Å². The first kappa shape index (κ1) is 15.3. The van der Waals surface area contributed by atoms with Crippen molar-refractivity contribution < 1.29 is 14.6 Å². The van der Waals surface area contributed by atoms with E-state index in [0.717, 1.165) is 37.9 Å². The summed E-state index contributed by atoms with van der Waals surface area (Å²) in [6.45, 7) is 1.32. The van der Waals surface area contributed by atoms with Gasteiger partial charge in [-0.25, -0.2) is 0 Å². The van der Waals surface area contributed by atoms with Crippen LogP contribution in [0.3, 0.4) is 0 Å². The van der Waals surface area contributed by atoms with Gasteiger partial charge in [-0.3, -0.25) is 9.78 Å². The zero-order valence-electron chi connectivity index (χ0n) is 12.9. The standard InChI is InChI=1S/C17H24N2O3/c20-16(12-17(21)7-2-1-3-8-17)19-11-6-15(13-19)22-14-4-9-18-10-5-14/h4-5,9-10,15,21H,1-3,6-8,11-13H2. The van der Waals surface area contributed by atoms with Gasteiger partial charge in [-0.1, -0.05) is 19.3 Å². The van der Waals surface area contributed by atoms with E-state index in [2.05, 4.69) is 4.98 Å². The van der Waals surface area contributed by atoms with E-state index in [1.54, 1.807) is 12.4 Å². The van der Waals surface area contributed by atoms with Crippen molar-refractivity contribution in [3.05, 3.63) is 24.5 Å². The number of pyridine rings is 1. The van der Waals surface area contributed by atoms with Gasteiger partial charge in [0.2, 0.25) is 5.91 Å². The van der Waals surface area contributed by atoms with E-state index in [-0.39, 0.29) is 18.4 Å². The molecule has 1 saturated heterocycles. The number of ether oxygens (including phenoxy) is 1. The molecule has 1 aliphatic heterocycles. The minimum Gasteiger partial charge on any atom is -0.488 e. The third-order valence-corrected chi connectivity index (χ3v) is 4.71. The largest absolute Gasteiger partial charge is 0.488 e. The van der Waals surface area contributed by atoms with Crippen molar-refractivity contribution in [1.82, 2.24) is 9.88 Å². The molecule has 0 spiro atoms. The van der Waals surface area contributed by atoms with Gasteiger partial charge in [-0.05, 0) is 25.0 Å². The quantitative estimate of drug-likeness (QED) is 0.926. The molecule has 0 aromatic carbocycles. The Morgan fingerprint density at radius 3 is 2.77 bits per heavy atom. The number of likely N-dealkylation sites (tertiary alicyclic amines) is 1. The molecule has 0 bridgehead atoms. The van der Waals surface area contributed by atoms with Crippen molar-refractivity contribution in [2.24, 2.45) is 0 Å². The fraction of sp³-hybridized carbons (Fsp3) is 0.647. The van der Waals surface area contributed by atoms with Crippen molar-refractivity contribution in [2.75, 3.05) is 13.1 Å². The Morgan fingerprint density at radius 2 is 2.05 bits per heavy atom. The number of hydrogen-bond donors (Lipinski definition) is 1. The number of hydrogen-bond acceptors (Lipinski definition) is 4. The molecule has 5 heteroatoms.